The maximum Gasteiger partial charge on any atom is 0.0730 e. The summed E-state index contributed by atoms with van der Waals surface area (Å²) in [5.74, 6) is 1.66. The first-order valence-electron chi connectivity index (χ1n) is 7.54. The Labute approximate surface area is 108 Å². The predicted molar refractivity (Wildman–Crippen MR) is 74.3 cm³/mol. The molecule has 1 N–H and O–H groups in total. The van der Waals surface area contributed by atoms with Gasteiger partial charge in [-0.05, 0) is 44.1 Å². The highest BCUT2D eigenvalue weighted by Crippen LogP contribution is 2.31. The molecule has 1 aliphatic carbocycles. The first-order chi connectivity index (χ1) is 8.19. The number of rotatable bonds is 7. The SMILES string of the molecule is CCCCOC1CC(C(C)C)CCC1NCC. The van der Waals surface area contributed by atoms with Gasteiger partial charge < -0.3 is 10.1 Å². The highest BCUT2D eigenvalue weighted by molar-refractivity contribution is 4.86. The molecule has 1 aliphatic rings. The Kier molecular flexibility index (Phi) is 7.14. The van der Waals surface area contributed by atoms with Gasteiger partial charge in [0.25, 0.3) is 0 Å². The average Bonchev–Trinajstić information content (AvgIpc) is 2.31. The van der Waals surface area contributed by atoms with Gasteiger partial charge >= 0.3 is 0 Å². The molecule has 0 heterocycles. The van der Waals surface area contributed by atoms with Gasteiger partial charge in [-0.1, -0.05) is 34.1 Å². The van der Waals surface area contributed by atoms with Gasteiger partial charge in [-0.2, -0.15) is 0 Å². The minimum absolute atomic E-state index is 0.447. The van der Waals surface area contributed by atoms with Gasteiger partial charge in [-0.25, -0.2) is 0 Å². The molecule has 0 aliphatic heterocycles. The fourth-order valence-electron chi connectivity index (χ4n) is 2.82. The number of likely N-dealkylation sites (N-methyl/N-ethyl adjacent to an activating group) is 1. The molecule has 1 saturated carbocycles. The van der Waals surface area contributed by atoms with E-state index in [0.29, 0.717) is 12.1 Å². The van der Waals surface area contributed by atoms with Crippen molar-refractivity contribution in [3.05, 3.63) is 0 Å². The van der Waals surface area contributed by atoms with Crippen molar-refractivity contribution in [1.82, 2.24) is 5.32 Å². The Balaban J connectivity index is 2.43. The van der Waals surface area contributed by atoms with Gasteiger partial charge in [0.05, 0.1) is 6.10 Å². The van der Waals surface area contributed by atoms with Crippen molar-refractivity contribution in [1.29, 1.82) is 0 Å². The molecule has 1 fully saturated rings. The van der Waals surface area contributed by atoms with Gasteiger partial charge in [-0.3, -0.25) is 0 Å². The summed E-state index contributed by atoms with van der Waals surface area (Å²) in [7, 11) is 0. The van der Waals surface area contributed by atoms with Gasteiger partial charge in [0, 0.05) is 12.6 Å². The number of nitrogens with one attached hydrogen (secondary N) is 1. The number of unbranched alkanes of at least 4 members (excludes halogenated alkanes) is 1. The second-order valence-corrected chi connectivity index (χ2v) is 5.74. The van der Waals surface area contributed by atoms with Crippen molar-refractivity contribution in [3.8, 4) is 0 Å². The van der Waals surface area contributed by atoms with Crippen LogP contribution in [0.4, 0.5) is 0 Å². The van der Waals surface area contributed by atoms with Crippen LogP contribution in [0.5, 0.6) is 0 Å². The topological polar surface area (TPSA) is 21.3 Å². The van der Waals surface area contributed by atoms with E-state index in [1.54, 1.807) is 0 Å². The van der Waals surface area contributed by atoms with E-state index in [0.717, 1.165) is 25.0 Å². The lowest BCUT2D eigenvalue weighted by Crippen LogP contribution is -2.46. The van der Waals surface area contributed by atoms with Crippen LogP contribution >= 0.6 is 0 Å². The number of hydrogen-bond acceptors (Lipinski definition) is 2. The summed E-state index contributed by atoms with van der Waals surface area (Å²) >= 11 is 0. The molecular formula is C15H31NO. The highest BCUT2D eigenvalue weighted by Gasteiger charge is 2.31. The molecule has 0 aromatic carbocycles. The summed E-state index contributed by atoms with van der Waals surface area (Å²) < 4.78 is 6.11. The summed E-state index contributed by atoms with van der Waals surface area (Å²) in [4.78, 5) is 0. The highest BCUT2D eigenvalue weighted by atomic mass is 16.5. The zero-order valence-electron chi connectivity index (χ0n) is 12.2. The fraction of sp³-hybridized carbons (Fsp3) is 1.00. The van der Waals surface area contributed by atoms with Gasteiger partial charge in [-0.15, -0.1) is 0 Å². The van der Waals surface area contributed by atoms with Crippen molar-refractivity contribution >= 4 is 0 Å². The van der Waals surface area contributed by atoms with Crippen LogP contribution in [0.3, 0.4) is 0 Å². The zero-order chi connectivity index (χ0) is 12.7. The Morgan fingerprint density at radius 2 is 2.00 bits per heavy atom. The van der Waals surface area contributed by atoms with Crippen LogP contribution in [0.1, 0.15) is 59.8 Å². The largest absolute Gasteiger partial charge is 0.377 e. The Bertz CT molecular complexity index is 193. The summed E-state index contributed by atoms with van der Waals surface area (Å²) in [6, 6.07) is 0.590. The predicted octanol–water partition coefficient (Wildman–Crippen LogP) is 3.61. The van der Waals surface area contributed by atoms with Crippen molar-refractivity contribution in [2.75, 3.05) is 13.2 Å². The van der Waals surface area contributed by atoms with E-state index in [4.69, 9.17) is 4.74 Å². The maximum absolute atomic E-state index is 6.11. The third-order valence-electron chi connectivity index (χ3n) is 4.07. The van der Waals surface area contributed by atoms with E-state index in [9.17, 15) is 0 Å². The standard InChI is InChI=1S/C15H31NO/c1-5-7-10-17-15-11-13(12(3)4)8-9-14(15)16-6-2/h12-16H,5-11H2,1-4H3. The molecule has 0 spiro atoms. The van der Waals surface area contributed by atoms with Crippen molar-refractivity contribution in [2.24, 2.45) is 11.8 Å². The van der Waals surface area contributed by atoms with Crippen LogP contribution in [-0.4, -0.2) is 25.3 Å². The third-order valence-corrected chi connectivity index (χ3v) is 4.07. The van der Waals surface area contributed by atoms with Gasteiger partial charge in [0.1, 0.15) is 0 Å². The van der Waals surface area contributed by atoms with Crippen LogP contribution < -0.4 is 5.32 Å². The first-order valence-corrected chi connectivity index (χ1v) is 7.54. The van der Waals surface area contributed by atoms with Crippen molar-refractivity contribution in [2.45, 2.75) is 71.9 Å². The maximum atomic E-state index is 6.11. The molecule has 17 heavy (non-hydrogen) atoms. The second kappa shape index (κ2) is 8.10. The summed E-state index contributed by atoms with van der Waals surface area (Å²) in [6.45, 7) is 11.1. The smallest absolute Gasteiger partial charge is 0.0730 e. The molecule has 0 radical (unpaired) electrons. The quantitative estimate of drug-likeness (QED) is 0.688. The van der Waals surface area contributed by atoms with E-state index in [2.05, 4.69) is 33.0 Å². The van der Waals surface area contributed by atoms with Crippen molar-refractivity contribution in [3.63, 3.8) is 0 Å². The van der Waals surface area contributed by atoms with Crippen molar-refractivity contribution < 1.29 is 4.74 Å². The fourth-order valence-corrected chi connectivity index (χ4v) is 2.82. The molecule has 102 valence electrons. The lowest BCUT2D eigenvalue weighted by molar-refractivity contribution is -0.0172. The molecule has 2 heteroatoms. The summed E-state index contributed by atoms with van der Waals surface area (Å²) in [5, 5.41) is 3.60. The molecular weight excluding hydrogens is 210 g/mol. The normalized spacial score (nSPS) is 29.8. The Morgan fingerprint density at radius 3 is 2.59 bits per heavy atom. The molecule has 0 aromatic rings. The van der Waals surface area contributed by atoms with Crippen LogP contribution in [0.25, 0.3) is 0 Å². The van der Waals surface area contributed by atoms with Gasteiger partial charge in [0.2, 0.25) is 0 Å². The number of hydrogen-bond donors (Lipinski definition) is 1. The van der Waals surface area contributed by atoms with E-state index in [1.807, 2.05) is 0 Å². The van der Waals surface area contributed by atoms with Crippen LogP contribution in [-0.2, 0) is 4.74 Å². The summed E-state index contributed by atoms with van der Waals surface area (Å²) in [6.07, 6.45) is 6.77. The molecule has 0 saturated heterocycles. The molecule has 1 rings (SSSR count). The van der Waals surface area contributed by atoms with Crippen LogP contribution in [0, 0.1) is 11.8 Å². The molecule has 3 unspecified atom stereocenters. The van der Waals surface area contributed by atoms with Crippen LogP contribution in [0.15, 0.2) is 0 Å². The lowest BCUT2D eigenvalue weighted by Gasteiger charge is -2.38. The third kappa shape index (κ3) is 4.97. The van der Waals surface area contributed by atoms with Gasteiger partial charge in [0.15, 0.2) is 0 Å². The molecule has 0 amide bonds. The minimum atomic E-state index is 0.447. The van der Waals surface area contributed by atoms with E-state index in [1.165, 1.54) is 32.1 Å². The first kappa shape index (κ1) is 15.0. The zero-order valence-corrected chi connectivity index (χ0v) is 12.2. The lowest BCUT2D eigenvalue weighted by atomic mass is 9.78. The molecule has 0 aromatic heterocycles. The summed E-state index contributed by atoms with van der Waals surface area (Å²) in [5.41, 5.74) is 0. The van der Waals surface area contributed by atoms with E-state index >= 15 is 0 Å². The van der Waals surface area contributed by atoms with E-state index < -0.39 is 0 Å². The Hall–Kier alpha value is -0.0800. The molecule has 3 atom stereocenters. The molecule has 0 bridgehead atoms. The molecule has 2 nitrogen and oxygen atoms in total. The second-order valence-electron chi connectivity index (χ2n) is 5.74. The van der Waals surface area contributed by atoms with Crippen LogP contribution in [0.2, 0.25) is 0 Å². The van der Waals surface area contributed by atoms with E-state index in [-0.39, 0.29) is 0 Å². The monoisotopic (exact) mass is 241 g/mol. The minimum Gasteiger partial charge on any atom is -0.377 e. The number of ether oxygens (including phenoxy) is 1. The average molecular weight is 241 g/mol. The Morgan fingerprint density at radius 1 is 1.24 bits per heavy atom.